The van der Waals surface area contributed by atoms with Crippen molar-refractivity contribution in [2.45, 2.75) is 51.6 Å². The van der Waals surface area contributed by atoms with Crippen LogP contribution in [0.1, 0.15) is 49.7 Å². The van der Waals surface area contributed by atoms with Crippen molar-refractivity contribution in [3.8, 4) is 22.3 Å². The minimum absolute atomic E-state index is 0.334. The maximum absolute atomic E-state index is 11.2. The first-order chi connectivity index (χ1) is 20.6. The fourth-order valence-electron chi connectivity index (χ4n) is 5.30. The number of hydroxylamine groups is 1. The third-order valence-electron chi connectivity index (χ3n) is 7.53. The Morgan fingerprint density at radius 1 is 0.643 bits per heavy atom. The molecule has 0 spiro atoms. The van der Waals surface area contributed by atoms with Crippen molar-refractivity contribution in [3.63, 3.8) is 0 Å². The van der Waals surface area contributed by atoms with Crippen molar-refractivity contribution in [1.82, 2.24) is 15.7 Å². The van der Waals surface area contributed by atoms with Gasteiger partial charge in [-0.15, -0.1) is 0 Å². The molecule has 4 aromatic carbocycles. The Kier molecular flexibility index (Phi) is 12.4. The van der Waals surface area contributed by atoms with Gasteiger partial charge in [0.1, 0.15) is 0 Å². The molecule has 0 saturated carbocycles. The molecule has 0 heterocycles. The van der Waals surface area contributed by atoms with E-state index in [1.54, 1.807) is 5.48 Å². The zero-order valence-electron chi connectivity index (χ0n) is 24.5. The van der Waals surface area contributed by atoms with Crippen LogP contribution in [0.4, 0.5) is 0 Å². The molecule has 0 aliphatic rings. The summed E-state index contributed by atoms with van der Waals surface area (Å²) in [6.07, 6.45) is 4.88. The minimum Gasteiger partial charge on any atom is -0.389 e. The Labute approximate surface area is 250 Å². The maximum atomic E-state index is 11.2. The molecule has 0 aromatic heterocycles. The van der Waals surface area contributed by atoms with Crippen LogP contribution < -0.4 is 10.8 Å². The number of nitrogens with zero attached hydrogens (tertiary/aromatic N) is 1. The van der Waals surface area contributed by atoms with Gasteiger partial charge in [-0.1, -0.05) is 116 Å². The summed E-state index contributed by atoms with van der Waals surface area (Å²) in [5.41, 5.74) is 10.4. The number of benzene rings is 4. The van der Waals surface area contributed by atoms with Gasteiger partial charge in [0.05, 0.1) is 0 Å². The van der Waals surface area contributed by atoms with Crippen LogP contribution in [-0.2, 0) is 17.9 Å². The molecule has 1 amide bonds. The molecule has 0 radical (unpaired) electrons. The Balaban J connectivity index is 1.40. The normalized spacial score (nSPS) is 10.9. The van der Waals surface area contributed by atoms with E-state index >= 15 is 0 Å². The number of amides is 1. The predicted molar refractivity (Wildman–Crippen MR) is 173 cm³/mol. The quantitative estimate of drug-likeness (QED) is 0.0695. The molecular weight excluding hydrogens is 518 g/mol. The molecule has 0 aliphatic carbocycles. The molecule has 0 bridgehead atoms. The van der Waals surface area contributed by atoms with E-state index in [0.29, 0.717) is 6.42 Å². The van der Waals surface area contributed by atoms with Gasteiger partial charge in [0.25, 0.3) is 0 Å². The summed E-state index contributed by atoms with van der Waals surface area (Å²) >= 11 is 0. The number of hydrogen-bond acceptors (Lipinski definition) is 4. The molecule has 5 nitrogen and oxygen atoms in total. The minimum atomic E-state index is -0.337. The van der Waals surface area contributed by atoms with Gasteiger partial charge in [0, 0.05) is 31.8 Å². The number of nitrogens with one attached hydrogen (secondary N) is 2. The molecule has 42 heavy (non-hydrogen) atoms. The second-order valence-corrected chi connectivity index (χ2v) is 10.7. The highest BCUT2D eigenvalue weighted by Gasteiger charge is 2.14. The first kappa shape index (κ1) is 30.8. The summed E-state index contributed by atoms with van der Waals surface area (Å²) in [6, 6.07) is 38.8. The van der Waals surface area contributed by atoms with Crippen LogP contribution in [0.15, 0.2) is 121 Å². The SMILES string of the molecule is C=C(CCCCC(=O)NO)NCCCCN(Cc1ccccc1-c1ccccc1)Cc1ccccc1-c1ccccc1. The predicted octanol–water partition coefficient (Wildman–Crippen LogP) is 7.97. The molecule has 0 aliphatic heterocycles. The van der Waals surface area contributed by atoms with Gasteiger partial charge in [-0.25, -0.2) is 5.48 Å². The Morgan fingerprint density at radius 2 is 1.14 bits per heavy atom. The molecule has 4 aromatic rings. The Bertz CT molecular complexity index is 1300. The van der Waals surface area contributed by atoms with Crippen LogP contribution in [0.2, 0.25) is 0 Å². The lowest BCUT2D eigenvalue weighted by Gasteiger charge is -2.25. The molecule has 4 rings (SSSR count). The average molecular weight is 562 g/mol. The molecule has 0 saturated heterocycles. The van der Waals surface area contributed by atoms with Gasteiger partial charge < -0.3 is 5.32 Å². The van der Waals surface area contributed by atoms with Gasteiger partial charge in [0.15, 0.2) is 0 Å². The van der Waals surface area contributed by atoms with Gasteiger partial charge >= 0.3 is 0 Å². The smallest absolute Gasteiger partial charge is 0.243 e. The van der Waals surface area contributed by atoms with Crippen molar-refractivity contribution in [1.29, 1.82) is 0 Å². The Hall–Kier alpha value is -4.19. The monoisotopic (exact) mass is 561 g/mol. The molecule has 0 atom stereocenters. The summed E-state index contributed by atoms with van der Waals surface area (Å²) in [4.78, 5) is 13.7. The highest BCUT2D eigenvalue weighted by Crippen LogP contribution is 2.28. The lowest BCUT2D eigenvalue weighted by atomic mass is 9.97. The number of carbonyl (C=O) groups is 1. The van der Waals surface area contributed by atoms with Gasteiger partial charge in [-0.05, 0) is 72.0 Å². The molecular formula is C37H43N3O2. The van der Waals surface area contributed by atoms with Crippen LogP contribution in [0.3, 0.4) is 0 Å². The van der Waals surface area contributed by atoms with Gasteiger partial charge in [-0.3, -0.25) is 14.9 Å². The second-order valence-electron chi connectivity index (χ2n) is 10.7. The first-order valence-corrected chi connectivity index (χ1v) is 15.0. The zero-order valence-corrected chi connectivity index (χ0v) is 24.5. The number of allylic oxidation sites excluding steroid dienone is 1. The van der Waals surface area contributed by atoms with E-state index in [9.17, 15) is 4.79 Å². The van der Waals surface area contributed by atoms with E-state index in [4.69, 9.17) is 5.21 Å². The highest BCUT2D eigenvalue weighted by molar-refractivity contribution is 5.74. The third-order valence-corrected chi connectivity index (χ3v) is 7.53. The van der Waals surface area contributed by atoms with E-state index in [1.807, 2.05) is 0 Å². The van der Waals surface area contributed by atoms with E-state index < -0.39 is 0 Å². The topological polar surface area (TPSA) is 64.6 Å². The number of unbranched alkanes of at least 4 members (excludes halogenated alkanes) is 2. The largest absolute Gasteiger partial charge is 0.389 e. The lowest BCUT2D eigenvalue weighted by Crippen LogP contribution is -2.25. The van der Waals surface area contributed by atoms with E-state index in [0.717, 1.165) is 64.0 Å². The second kappa shape index (κ2) is 16.9. The summed E-state index contributed by atoms with van der Waals surface area (Å²) < 4.78 is 0. The summed E-state index contributed by atoms with van der Waals surface area (Å²) in [5.74, 6) is -0.337. The third kappa shape index (κ3) is 9.72. The van der Waals surface area contributed by atoms with Crippen LogP contribution in [-0.4, -0.2) is 29.1 Å². The molecule has 3 N–H and O–H groups in total. The molecule has 0 fully saturated rings. The van der Waals surface area contributed by atoms with Crippen LogP contribution >= 0.6 is 0 Å². The van der Waals surface area contributed by atoms with Crippen molar-refractivity contribution >= 4 is 5.91 Å². The van der Waals surface area contributed by atoms with Crippen LogP contribution in [0, 0.1) is 0 Å². The molecule has 218 valence electrons. The summed E-state index contributed by atoms with van der Waals surface area (Å²) in [6.45, 7) is 7.75. The summed E-state index contributed by atoms with van der Waals surface area (Å²) in [5, 5.41) is 12.1. The Morgan fingerprint density at radius 3 is 1.69 bits per heavy atom. The van der Waals surface area contributed by atoms with E-state index in [2.05, 4.69) is 126 Å². The first-order valence-electron chi connectivity index (χ1n) is 15.0. The van der Waals surface area contributed by atoms with Gasteiger partial charge in [0.2, 0.25) is 5.91 Å². The van der Waals surface area contributed by atoms with E-state index in [1.165, 1.54) is 33.4 Å². The fraction of sp³-hybridized carbons (Fsp3) is 0.270. The van der Waals surface area contributed by atoms with Gasteiger partial charge in [-0.2, -0.15) is 0 Å². The number of rotatable bonds is 17. The van der Waals surface area contributed by atoms with E-state index in [-0.39, 0.29) is 5.91 Å². The highest BCUT2D eigenvalue weighted by atomic mass is 16.5. The maximum Gasteiger partial charge on any atom is 0.243 e. The molecule has 5 heteroatoms. The van der Waals surface area contributed by atoms with Crippen LogP contribution in [0.25, 0.3) is 22.3 Å². The fourth-order valence-corrected chi connectivity index (χ4v) is 5.30. The van der Waals surface area contributed by atoms with Crippen molar-refractivity contribution in [2.75, 3.05) is 13.1 Å². The van der Waals surface area contributed by atoms with Crippen LogP contribution in [0.5, 0.6) is 0 Å². The van der Waals surface area contributed by atoms with Crippen molar-refractivity contribution in [3.05, 3.63) is 133 Å². The number of hydrogen-bond donors (Lipinski definition) is 3. The summed E-state index contributed by atoms with van der Waals surface area (Å²) in [7, 11) is 0. The zero-order chi connectivity index (χ0) is 29.4. The standard InChI is InChI=1S/C37H43N3O2/c1-30(16-8-13-25-37(41)39-42)38-26-14-15-27-40(28-33-21-9-11-23-35(33)31-17-4-2-5-18-31)29-34-22-10-12-24-36(34)32-19-6-3-7-20-32/h2-7,9-12,17-24,38,42H,1,8,13-16,25-29H2,(H,39,41). The average Bonchev–Trinajstić information content (AvgIpc) is 3.04. The van der Waals surface area contributed by atoms with Crippen molar-refractivity contribution in [2.24, 2.45) is 0 Å². The van der Waals surface area contributed by atoms with Crippen molar-refractivity contribution < 1.29 is 10.0 Å². The number of carbonyl (C=O) groups excluding carboxylic acids is 1. The lowest BCUT2D eigenvalue weighted by molar-refractivity contribution is -0.129. The molecule has 0 unspecified atom stereocenters.